The first-order valence-electron chi connectivity index (χ1n) is 5.47. The zero-order valence-corrected chi connectivity index (χ0v) is 8.37. The van der Waals surface area contributed by atoms with E-state index in [9.17, 15) is 0 Å². The maximum atomic E-state index is 6.21. The molecule has 1 aromatic rings. The first kappa shape index (κ1) is 8.41. The topological polar surface area (TPSA) is 56.7 Å². The number of fused-ring (bicyclic) bond motifs is 1. The van der Waals surface area contributed by atoms with Gasteiger partial charge in [0.05, 0.1) is 0 Å². The molecule has 4 nitrogen and oxygen atoms in total. The maximum Gasteiger partial charge on any atom is 0.134 e. The summed E-state index contributed by atoms with van der Waals surface area (Å²) in [7, 11) is 0. The highest BCUT2D eigenvalue weighted by atomic mass is 15.3. The molecule has 76 valence electrons. The van der Waals surface area contributed by atoms with Crippen molar-refractivity contribution in [2.45, 2.75) is 50.6 Å². The molecular formula is C10H16N4. The monoisotopic (exact) mass is 192 g/mol. The van der Waals surface area contributed by atoms with Crippen molar-refractivity contribution in [3.05, 3.63) is 11.6 Å². The number of aromatic nitrogens is 3. The van der Waals surface area contributed by atoms with Crippen molar-refractivity contribution in [2.24, 2.45) is 5.73 Å². The minimum atomic E-state index is 0.0341. The molecule has 1 saturated carbocycles. The standard InChI is InChI=1S/C10H16N4/c11-10(4-2-5-10)7-9-13-12-8-3-1-6-14(8)9/h1-7,11H2. The smallest absolute Gasteiger partial charge is 0.134 e. The van der Waals surface area contributed by atoms with Gasteiger partial charge < -0.3 is 10.3 Å². The second-order valence-corrected chi connectivity index (χ2v) is 4.68. The van der Waals surface area contributed by atoms with Gasteiger partial charge in [-0.05, 0) is 25.7 Å². The third-order valence-electron chi connectivity index (χ3n) is 3.55. The first-order valence-corrected chi connectivity index (χ1v) is 5.47. The van der Waals surface area contributed by atoms with Crippen LogP contribution in [0.2, 0.25) is 0 Å². The zero-order chi connectivity index (χ0) is 9.60. The second-order valence-electron chi connectivity index (χ2n) is 4.68. The molecule has 1 aliphatic heterocycles. The van der Waals surface area contributed by atoms with Crippen LogP contribution in [0.5, 0.6) is 0 Å². The SMILES string of the molecule is NC1(Cc2nnc3n2CCC3)CCC1. The summed E-state index contributed by atoms with van der Waals surface area (Å²) in [6, 6.07) is 0. The number of hydrogen-bond donors (Lipinski definition) is 1. The van der Waals surface area contributed by atoms with E-state index in [0.717, 1.165) is 43.9 Å². The van der Waals surface area contributed by atoms with E-state index >= 15 is 0 Å². The molecule has 1 aliphatic carbocycles. The molecular weight excluding hydrogens is 176 g/mol. The van der Waals surface area contributed by atoms with Gasteiger partial charge in [0.2, 0.25) is 0 Å². The number of nitrogens with zero attached hydrogens (tertiary/aromatic N) is 3. The Kier molecular flexibility index (Phi) is 1.68. The molecule has 14 heavy (non-hydrogen) atoms. The summed E-state index contributed by atoms with van der Waals surface area (Å²) in [5.41, 5.74) is 6.24. The highest BCUT2D eigenvalue weighted by Crippen LogP contribution is 2.32. The lowest BCUT2D eigenvalue weighted by atomic mass is 9.75. The van der Waals surface area contributed by atoms with Crippen LogP contribution < -0.4 is 5.73 Å². The predicted octanol–water partition coefficient (Wildman–Crippen LogP) is 0.648. The van der Waals surface area contributed by atoms with Gasteiger partial charge in [0.1, 0.15) is 11.6 Å². The minimum absolute atomic E-state index is 0.0341. The van der Waals surface area contributed by atoms with Crippen LogP contribution in [0.25, 0.3) is 0 Å². The minimum Gasteiger partial charge on any atom is -0.325 e. The number of rotatable bonds is 2. The summed E-state index contributed by atoms with van der Waals surface area (Å²) in [6.45, 7) is 1.09. The van der Waals surface area contributed by atoms with Gasteiger partial charge in [-0.25, -0.2) is 0 Å². The van der Waals surface area contributed by atoms with E-state index in [4.69, 9.17) is 5.73 Å². The van der Waals surface area contributed by atoms with Crippen molar-refractivity contribution in [3.8, 4) is 0 Å². The van der Waals surface area contributed by atoms with Gasteiger partial charge >= 0.3 is 0 Å². The molecule has 1 aromatic heterocycles. The van der Waals surface area contributed by atoms with Gasteiger partial charge in [-0.15, -0.1) is 10.2 Å². The number of hydrogen-bond acceptors (Lipinski definition) is 3. The molecule has 2 heterocycles. The lowest BCUT2D eigenvalue weighted by molar-refractivity contribution is 0.241. The molecule has 0 bridgehead atoms. The molecule has 0 spiro atoms. The van der Waals surface area contributed by atoms with Gasteiger partial charge in [-0.3, -0.25) is 0 Å². The van der Waals surface area contributed by atoms with E-state index in [1.54, 1.807) is 0 Å². The van der Waals surface area contributed by atoms with E-state index in [0.29, 0.717) is 0 Å². The summed E-state index contributed by atoms with van der Waals surface area (Å²) in [5, 5.41) is 8.43. The average molecular weight is 192 g/mol. The summed E-state index contributed by atoms with van der Waals surface area (Å²) in [6.07, 6.45) is 6.79. The molecule has 2 N–H and O–H groups in total. The lowest BCUT2D eigenvalue weighted by Crippen LogP contribution is -2.48. The van der Waals surface area contributed by atoms with Crippen LogP contribution >= 0.6 is 0 Å². The van der Waals surface area contributed by atoms with Gasteiger partial charge in [0, 0.05) is 24.9 Å². The van der Waals surface area contributed by atoms with Gasteiger partial charge in [0.15, 0.2) is 0 Å². The lowest BCUT2D eigenvalue weighted by Gasteiger charge is -2.37. The molecule has 0 atom stereocenters. The Morgan fingerprint density at radius 2 is 2.14 bits per heavy atom. The van der Waals surface area contributed by atoms with Crippen LogP contribution in [0.4, 0.5) is 0 Å². The van der Waals surface area contributed by atoms with E-state index in [1.807, 2.05) is 0 Å². The van der Waals surface area contributed by atoms with Crippen LogP contribution in [0, 0.1) is 0 Å². The third kappa shape index (κ3) is 1.17. The molecule has 0 unspecified atom stereocenters. The fourth-order valence-electron chi connectivity index (χ4n) is 2.46. The van der Waals surface area contributed by atoms with E-state index in [-0.39, 0.29) is 5.54 Å². The van der Waals surface area contributed by atoms with Crippen LogP contribution in [-0.4, -0.2) is 20.3 Å². The molecule has 4 heteroatoms. The largest absolute Gasteiger partial charge is 0.325 e. The molecule has 0 radical (unpaired) electrons. The fraction of sp³-hybridized carbons (Fsp3) is 0.800. The quantitative estimate of drug-likeness (QED) is 0.748. The Bertz CT molecular complexity index is 351. The second kappa shape index (κ2) is 2.79. The van der Waals surface area contributed by atoms with Crippen LogP contribution in [0.15, 0.2) is 0 Å². The van der Waals surface area contributed by atoms with E-state index in [1.165, 1.54) is 12.8 Å². The molecule has 0 amide bonds. The van der Waals surface area contributed by atoms with Crippen LogP contribution in [0.3, 0.4) is 0 Å². The van der Waals surface area contributed by atoms with Crippen molar-refractivity contribution in [1.29, 1.82) is 0 Å². The van der Waals surface area contributed by atoms with Crippen molar-refractivity contribution in [1.82, 2.24) is 14.8 Å². The molecule has 1 fully saturated rings. The molecule has 2 aliphatic rings. The van der Waals surface area contributed by atoms with Gasteiger partial charge in [-0.1, -0.05) is 0 Å². The van der Waals surface area contributed by atoms with E-state index < -0.39 is 0 Å². The number of aryl methyl sites for hydroxylation is 1. The molecule has 0 saturated heterocycles. The van der Waals surface area contributed by atoms with Gasteiger partial charge in [-0.2, -0.15) is 0 Å². The summed E-state index contributed by atoms with van der Waals surface area (Å²) in [5.74, 6) is 2.27. The van der Waals surface area contributed by atoms with Gasteiger partial charge in [0.25, 0.3) is 0 Å². The Labute approximate surface area is 83.5 Å². The molecule has 0 aromatic carbocycles. The summed E-state index contributed by atoms with van der Waals surface area (Å²) >= 11 is 0. The van der Waals surface area contributed by atoms with Crippen molar-refractivity contribution in [3.63, 3.8) is 0 Å². The number of nitrogens with two attached hydrogens (primary N) is 1. The highest BCUT2D eigenvalue weighted by molar-refractivity contribution is 5.07. The predicted molar refractivity (Wildman–Crippen MR) is 52.8 cm³/mol. The average Bonchev–Trinajstić information content (AvgIpc) is 2.66. The summed E-state index contributed by atoms with van der Waals surface area (Å²) < 4.78 is 2.26. The molecule has 3 rings (SSSR count). The van der Waals surface area contributed by atoms with Crippen molar-refractivity contribution < 1.29 is 0 Å². The Morgan fingerprint density at radius 3 is 2.86 bits per heavy atom. The van der Waals surface area contributed by atoms with Crippen LogP contribution in [0.1, 0.15) is 37.3 Å². The van der Waals surface area contributed by atoms with Crippen LogP contribution in [-0.2, 0) is 19.4 Å². The highest BCUT2D eigenvalue weighted by Gasteiger charge is 2.34. The Balaban J connectivity index is 1.83. The van der Waals surface area contributed by atoms with Crippen molar-refractivity contribution >= 4 is 0 Å². The zero-order valence-electron chi connectivity index (χ0n) is 8.37. The summed E-state index contributed by atoms with van der Waals surface area (Å²) in [4.78, 5) is 0. The first-order chi connectivity index (χ1) is 6.77. The Hall–Kier alpha value is -0.900. The normalized spacial score (nSPS) is 23.2. The fourth-order valence-corrected chi connectivity index (χ4v) is 2.46. The van der Waals surface area contributed by atoms with Crippen molar-refractivity contribution in [2.75, 3.05) is 0 Å². The Morgan fingerprint density at radius 1 is 1.29 bits per heavy atom. The third-order valence-corrected chi connectivity index (χ3v) is 3.55. The van der Waals surface area contributed by atoms with E-state index in [2.05, 4.69) is 14.8 Å². The maximum absolute atomic E-state index is 6.21.